The molecule has 0 amide bonds. The summed E-state index contributed by atoms with van der Waals surface area (Å²) in [5, 5.41) is 13.8. The van der Waals surface area contributed by atoms with Gasteiger partial charge in [0.05, 0.1) is 4.92 Å². The van der Waals surface area contributed by atoms with Crippen molar-refractivity contribution in [3.05, 3.63) is 69.8 Å². The van der Waals surface area contributed by atoms with Gasteiger partial charge in [0.15, 0.2) is 6.29 Å². The maximum atomic E-state index is 11.0. The van der Waals surface area contributed by atoms with Crippen LogP contribution in [0.1, 0.15) is 15.9 Å². The third-order valence-corrected chi connectivity index (χ3v) is 2.94. The van der Waals surface area contributed by atoms with Crippen molar-refractivity contribution in [1.82, 2.24) is 0 Å². The van der Waals surface area contributed by atoms with Crippen molar-refractivity contribution < 1.29 is 9.72 Å². The van der Waals surface area contributed by atoms with E-state index in [1.807, 2.05) is 30.3 Å². The molecule has 0 heterocycles. The average molecular weight is 270 g/mol. The molecule has 0 aromatic heterocycles. The van der Waals surface area contributed by atoms with Crippen LogP contribution in [-0.2, 0) is 6.42 Å². The van der Waals surface area contributed by atoms with Crippen molar-refractivity contribution in [2.45, 2.75) is 6.42 Å². The minimum absolute atomic E-state index is 0.0827. The number of nitro benzene ring substituents is 1. The molecule has 0 unspecified atom stereocenters. The first-order valence-electron chi connectivity index (χ1n) is 6.22. The van der Waals surface area contributed by atoms with E-state index in [-0.39, 0.29) is 5.69 Å². The second-order valence-electron chi connectivity index (χ2n) is 4.31. The average Bonchev–Trinajstić information content (AvgIpc) is 2.48. The van der Waals surface area contributed by atoms with Gasteiger partial charge in [0.2, 0.25) is 0 Å². The summed E-state index contributed by atoms with van der Waals surface area (Å²) in [5.41, 5.74) is 2.02. The molecule has 5 nitrogen and oxygen atoms in total. The van der Waals surface area contributed by atoms with E-state index in [0.29, 0.717) is 24.1 Å². The monoisotopic (exact) mass is 270 g/mol. The normalized spacial score (nSPS) is 10.0. The Morgan fingerprint density at radius 3 is 2.55 bits per heavy atom. The highest BCUT2D eigenvalue weighted by Gasteiger charge is 2.09. The smallest absolute Gasteiger partial charge is 0.270 e. The topological polar surface area (TPSA) is 72.2 Å². The summed E-state index contributed by atoms with van der Waals surface area (Å²) < 4.78 is 0. The Hall–Kier alpha value is -2.69. The lowest BCUT2D eigenvalue weighted by atomic mass is 10.1. The Morgan fingerprint density at radius 1 is 1.15 bits per heavy atom. The molecule has 102 valence electrons. The number of carbonyl (C=O) groups excluding carboxylic acids is 1. The van der Waals surface area contributed by atoms with Crippen LogP contribution in [0.2, 0.25) is 0 Å². The fraction of sp³-hybridized carbons (Fsp3) is 0.133. The zero-order valence-corrected chi connectivity index (χ0v) is 10.8. The summed E-state index contributed by atoms with van der Waals surface area (Å²) in [4.78, 5) is 21.1. The van der Waals surface area contributed by atoms with Crippen molar-refractivity contribution in [2.24, 2.45) is 0 Å². The van der Waals surface area contributed by atoms with Crippen molar-refractivity contribution in [3.8, 4) is 0 Å². The summed E-state index contributed by atoms with van der Waals surface area (Å²) in [7, 11) is 0. The highest BCUT2D eigenvalue weighted by molar-refractivity contribution is 5.85. The molecule has 0 fully saturated rings. The van der Waals surface area contributed by atoms with Crippen molar-refractivity contribution >= 4 is 17.7 Å². The third-order valence-electron chi connectivity index (χ3n) is 2.94. The van der Waals surface area contributed by atoms with Crippen LogP contribution < -0.4 is 5.32 Å². The number of non-ortho nitro benzene ring substituents is 1. The van der Waals surface area contributed by atoms with Crippen LogP contribution in [-0.4, -0.2) is 17.8 Å². The molecule has 5 heteroatoms. The summed E-state index contributed by atoms with van der Waals surface area (Å²) in [6.45, 7) is 0.655. The van der Waals surface area contributed by atoms with Crippen LogP contribution in [0.25, 0.3) is 0 Å². The summed E-state index contributed by atoms with van der Waals surface area (Å²) >= 11 is 0. The number of rotatable bonds is 6. The maximum absolute atomic E-state index is 11.0. The van der Waals surface area contributed by atoms with Crippen LogP contribution in [0.5, 0.6) is 0 Å². The molecule has 0 spiro atoms. The lowest BCUT2D eigenvalue weighted by molar-refractivity contribution is -0.384. The van der Waals surface area contributed by atoms with Gasteiger partial charge in [-0.25, -0.2) is 0 Å². The first kappa shape index (κ1) is 13.7. The molecule has 0 aliphatic carbocycles. The predicted molar refractivity (Wildman–Crippen MR) is 77.1 cm³/mol. The van der Waals surface area contributed by atoms with Crippen LogP contribution in [0.3, 0.4) is 0 Å². The Kier molecular flexibility index (Phi) is 4.44. The third kappa shape index (κ3) is 3.41. The van der Waals surface area contributed by atoms with E-state index >= 15 is 0 Å². The quantitative estimate of drug-likeness (QED) is 0.497. The van der Waals surface area contributed by atoms with Crippen LogP contribution >= 0.6 is 0 Å². The number of carbonyl (C=O) groups is 1. The largest absolute Gasteiger partial charge is 0.384 e. The van der Waals surface area contributed by atoms with E-state index in [2.05, 4.69) is 5.32 Å². The number of nitro groups is 1. The first-order valence-corrected chi connectivity index (χ1v) is 6.22. The molecule has 0 bridgehead atoms. The van der Waals surface area contributed by atoms with E-state index in [1.54, 1.807) is 6.07 Å². The van der Waals surface area contributed by atoms with Gasteiger partial charge in [-0.15, -0.1) is 0 Å². The number of benzene rings is 2. The van der Waals surface area contributed by atoms with Gasteiger partial charge < -0.3 is 5.32 Å². The fourth-order valence-corrected chi connectivity index (χ4v) is 1.91. The number of nitrogens with zero attached hydrogens (tertiary/aromatic N) is 1. The molecule has 0 atom stereocenters. The molecular weight excluding hydrogens is 256 g/mol. The standard InChI is InChI=1S/C15H14N2O3/c18-11-13-10-14(17(19)20)6-7-15(13)16-9-8-12-4-2-1-3-5-12/h1-7,10-11,16H,8-9H2. The van der Waals surface area contributed by atoms with Gasteiger partial charge >= 0.3 is 0 Å². The van der Waals surface area contributed by atoms with Crippen LogP contribution in [0.15, 0.2) is 48.5 Å². The number of nitrogens with one attached hydrogen (secondary N) is 1. The molecule has 1 N–H and O–H groups in total. The van der Waals surface area contributed by atoms with E-state index in [9.17, 15) is 14.9 Å². The van der Waals surface area contributed by atoms with Crippen molar-refractivity contribution in [2.75, 3.05) is 11.9 Å². The lowest BCUT2D eigenvalue weighted by Crippen LogP contribution is -2.07. The molecule has 0 saturated heterocycles. The second kappa shape index (κ2) is 6.47. The SMILES string of the molecule is O=Cc1cc([N+](=O)[O-])ccc1NCCc1ccccc1. The highest BCUT2D eigenvalue weighted by atomic mass is 16.6. The van der Waals surface area contributed by atoms with E-state index in [1.165, 1.54) is 17.7 Å². The number of hydrogen-bond donors (Lipinski definition) is 1. The van der Waals surface area contributed by atoms with Gasteiger partial charge in [0, 0.05) is 29.9 Å². The summed E-state index contributed by atoms with van der Waals surface area (Å²) in [6, 6.07) is 14.2. The van der Waals surface area contributed by atoms with E-state index < -0.39 is 4.92 Å². The van der Waals surface area contributed by atoms with E-state index in [4.69, 9.17) is 0 Å². The highest BCUT2D eigenvalue weighted by Crippen LogP contribution is 2.20. The molecule has 20 heavy (non-hydrogen) atoms. The molecule has 2 aromatic carbocycles. The molecule has 2 rings (SSSR count). The second-order valence-corrected chi connectivity index (χ2v) is 4.31. The van der Waals surface area contributed by atoms with Crippen LogP contribution in [0, 0.1) is 10.1 Å². The Morgan fingerprint density at radius 2 is 1.90 bits per heavy atom. The Balaban J connectivity index is 2.02. The molecule has 0 saturated carbocycles. The van der Waals surface area contributed by atoms with Gasteiger partial charge in [-0.05, 0) is 18.1 Å². The van der Waals surface area contributed by atoms with Gasteiger partial charge in [-0.1, -0.05) is 30.3 Å². The summed E-state index contributed by atoms with van der Waals surface area (Å²) in [6.07, 6.45) is 1.44. The minimum Gasteiger partial charge on any atom is -0.384 e. The van der Waals surface area contributed by atoms with E-state index in [0.717, 1.165) is 6.42 Å². The number of anilines is 1. The van der Waals surface area contributed by atoms with Gasteiger partial charge in [-0.3, -0.25) is 14.9 Å². The lowest BCUT2D eigenvalue weighted by Gasteiger charge is -2.08. The fourth-order valence-electron chi connectivity index (χ4n) is 1.91. The maximum Gasteiger partial charge on any atom is 0.270 e. The Bertz CT molecular complexity index is 612. The molecule has 0 radical (unpaired) electrons. The molecule has 2 aromatic rings. The van der Waals surface area contributed by atoms with Crippen molar-refractivity contribution in [3.63, 3.8) is 0 Å². The van der Waals surface area contributed by atoms with Crippen LogP contribution in [0.4, 0.5) is 11.4 Å². The van der Waals surface area contributed by atoms with Crippen molar-refractivity contribution in [1.29, 1.82) is 0 Å². The number of aldehydes is 1. The molecular formula is C15H14N2O3. The molecule has 0 aliphatic heterocycles. The zero-order valence-electron chi connectivity index (χ0n) is 10.8. The number of hydrogen-bond acceptors (Lipinski definition) is 4. The Labute approximate surface area is 116 Å². The molecule has 0 aliphatic rings. The zero-order chi connectivity index (χ0) is 14.4. The minimum atomic E-state index is -0.513. The first-order chi connectivity index (χ1) is 9.70. The van der Waals surface area contributed by atoms with Gasteiger partial charge in [0.25, 0.3) is 5.69 Å². The van der Waals surface area contributed by atoms with Gasteiger partial charge in [0.1, 0.15) is 0 Å². The summed E-state index contributed by atoms with van der Waals surface area (Å²) in [5.74, 6) is 0. The predicted octanol–water partition coefficient (Wildman–Crippen LogP) is 3.06. The van der Waals surface area contributed by atoms with Gasteiger partial charge in [-0.2, -0.15) is 0 Å².